The molecule has 0 saturated heterocycles. The second-order valence-corrected chi connectivity index (χ2v) is 8.94. The Kier molecular flexibility index (Phi) is 7.34. The van der Waals surface area contributed by atoms with Crippen molar-refractivity contribution in [3.63, 3.8) is 0 Å². The molecule has 0 spiro atoms. The van der Waals surface area contributed by atoms with Gasteiger partial charge in [-0.1, -0.05) is 23.0 Å². The molecule has 2 rings (SSSR count). The minimum Gasteiger partial charge on any atom is -0.411 e. The Hall–Kier alpha value is -1.51. The van der Waals surface area contributed by atoms with Crippen LogP contribution >= 0.6 is 35.8 Å². The molecule has 0 bridgehead atoms. The van der Waals surface area contributed by atoms with Crippen molar-refractivity contribution in [3.05, 3.63) is 39.7 Å². The van der Waals surface area contributed by atoms with E-state index in [1.807, 2.05) is 13.3 Å². The van der Waals surface area contributed by atoms with Crippen molar-refractivity contribution in [2.24, 2.45) is 5.16 Å². The highest BCUT2D eigenvalue weighted by Gasteiger charge is 2.19. The fourth-order valence-corrected chi connectivity index (χ4v) is 3.71. The molecule has 1 aromatic heterocycles. The maximum atomic E-state index is 13.3. The van der Waals surface area contributed by atoms with E-state index in [0.29, 0.717) is 15.1 Å². The summed E-state index contributed by atoms with van der Waals surface area (Å²) >= 11 is 4.24. The number of carbonyl (C=O) groups is 1. The van der Waals surface area contributed by atoms with Gasteiger partial charge in [0.15, 0.2) is 10.7 Å². The van der Waals surface area contributed by atoms with Gasteiger partial charge in [0.1, 0.15) is 11.5 Å². The second kappa shape index (κ2) is 9.26. The molecule has 0 aliphatic carbocycles. The monoisotopic (exact) mass is 448 g/mol. The zero-order chi connectivity index (χ0) is 18.4. The first-order chi connectivity index (χ1) is 11.9. The fourth-order valence-electron chi connectivity index (χ4n) is 1.88. The number of hydrogen-bond donors (Lipinski definition) is 2. The number of benzene rings is 1. The summed E-state index contributed by atoms with van der Waals surface area (Å²) in [7, 11) is -0.543. The zero-order valence-electron chi connectivity index (χ0n) is 13.4. The summed E-state index contributed by atoms with van der Waals surface area (Å²) in [6, 6.07) is 4.46. The summed E-state index contributed by atoms with van der Waals surface area (Å²) in [6.45, 7) is 3.86. The van der Waals surface area contributed by atoms with Crippen LogP contribution in [0.15, 0.2) is 37.5 Å². The van der Waals surface area contributed by atoms with E-state index in [2.05, 4.69) is 36.5 Å². The SMILES string of the molecule is CP(C)NC(=O)CSc1nonc1/C(Cc1ccc(F)c(Br)c1)=N/O. The van der Waals surface area contributed by atoms with Crippen LogP contribution in [0.4, 0.5) is 4.39 Å². The van der Waals surface area contributed by atoms with Crippen LogP contribution in [-0.4, -0.2) is 46.2 Å². The third kappa shape index (κ3) is 5.76. The average Bonchev–Trinajstić information content (AvgIpc) is 3.01. The Morgan fingerprint density at radius 2 is 2.24 bits per heavy atom. The van der Waals surface area contributed by atoms with Gasteiger partial charge in [-0.2, -0.15) is 0 Å². The molecule has 1 heterocycles. The van der Waals surface area contributed by atoms with Gasteiger partial charge in [-0.05, 0) is 65.3 Å². The van der Waals surface area contributed by atoms with Crippen LogP contribution in [0.2, 0.25) is 0 Å². The minimum atomic E-state index is -0.543. The Balaban J connectivity index is 2.10. The van der Waals surface area contributed by atoms with Crippen LogP contribution in [0.3, 0.4) is 0 Å². The Morgan fingerprint density at radius 1 is 1.48 bits per heavy atom. The van der Waals surface area contributed by atoms with Crippen molar-refractivity contribution >= 4 is 47.4 Å². The van der Waals surface area contributed by atoms with Gasteiger partial charge in [-0.3, -0.25) is 4.79 Å². The highest BCUT2D eigenvalue weighted by atomic mass is 79.9. The number of carbonyl (C=O) groups excluding carboxylic acids is 1. The predicted molar refractivity (Wildman–Crippen MR) is 98.1 cm³/mol. The lowest BCUT2D eigenvalue weighted by molar-refractivity contribution is -0.116. The van der Waals surface area contributed by atoms with E-state index >= 15 is 0 Å². The highest BCUT2D eigenvalue weighted by molar-refractivity contribution is 9.10. The van der Waals surface area contributed by atoms with Gasteiger partial charge in [0.05, 0.1) is 10.2 Å². The third-order valence-corrected chi connectivity index (χ3v) is 5.15. The quantitative estimate of drug-likeness (QED) is 0.221. The molecule has 2 N–H and O–H groups in total. The summed E-state index contributed by atoms with van der Waals surface area (Å²) in [5, 5.41) is 23.2. The molecule has 0 unspecified atom stereocenters. The van der Waals surface area contributed by atoms with Gasteiger partial charge in [0, 0.05) is 6.42 Å². The first kappa shape index (κ1) is 19.8. The van der Waals surface area contributed by atoms with Crippen molar-refractivity contribution in [1.82, 2.24) is 15.4 Å². The lowest BCUT2D eigenvalue weighted by Crippen LogP contribution is -2.19. The summed E-state index contributed by atoms with van der Waals surface area (Å²) in [6.07, 6.45) is 0.193. The number of hydrogen-bond acceptors (Lipinski definition) is 7. The van der Waals surface area contributed by atoms with Crippen molar-refractivity contribution < 1.29 is 19.0 Å². The number of rotatable bonds is 7. The van der Waals surface area contributed by atoms with Gasteiger partial charge in [0.25, 0.3) is 0 Å². The van der Waals surface area contributed by atoms with Crippen LogP contribution in [0.5, 0.6) is 0 Å². The van der Waals surface area contributed by atoms with Crippen LogP contribution in [-0.2, 0) is 11.2 Å². The first-order valence-electron chi connectivity index (χ1n) is 6.98. The number of aromatic nitrogens is 2. The number of amides is 1. The number of thioether (sulfide) groups is 1. The maximum Gasteiger partial charge on any atom is 0.233 e. The molecule has 1 aromatic carbocycles. The normalized spacial score (nSPS) is 11.8. The standard InChI is InChI=1S/C14H15BrFN4O3PS/c1-24(2)20-12(21)7-25-14-13(18-23-19-14)11(17-22)6-8-3-4-10(16)9(15)5-8/h3-5,22H,6-7H2,1-2H3,(H,20,21)/b17-11+. The third-order valence-electron chi connectivity index (χ3n) is 2.90. The molecule has 134 valence electrons. The van der Waals surface area contributed by atoms with E-state index in [9.17, 15) is 14.4 Å². The van der Waals surface area contributed by atoms with Crippen LogP contribution in [0.25, 0.3) is 0 Å². The van der Waals surface area contributed by atoms with E-state index in [1.54, 1.807) is 12.1 Å². The van der Waals surface area contributed by atoms with E-state index in [0.717, 1.165) is 11.8 Å². The largest absolute Gasteiger partial charge is 0.411 e. The molecule has 25 heavy (non-hydrogen) atoms. The Morgan fingerprint density at radius 3 is 2.88 bits per heavy atom. The van der Waals surface area contributed by atoms with Crippen molar-refractivity contribution in [1.29, 1.82) is 0 Å². The fraction of sp³-hybridized carbons (Fsp3) is 0.286. The van der Waals surface area contributed by atoms with Crippen LogP contribution < -0.4 is 5.09 Å². The lowest BCUT2D eigenvalue weighted by Gasteiger charge is -2.07. The minimum absolute atomic E-state index is 0.125. The molecule has 0 aliphatic rings. The molecule has 0 aliphatic heterocycles. The zero-order valence-corrected chi connectivity index (χ0v) is 16.7. The summed E-state index contributed by atoms with van der Waals surface area (Å²) in [4.78, 5) is 11.7. The van der Waals surface area contributed by atoms with E-state index in [4.69, 9.17) is 4.63 Å². The summed E-state index contributed by atoms with van der Waals surface area (Å²) in [5.41, 5.74) is 1.16. The van der Waals surface area contributed by atoms with Crippen molar-refractivity contribution in [2.75, 3.05) is 19.1 Å². The molecule has 7 nitrogen and oxygen atoms in total. The lowest BCUT2D eigenvalue weighted by atomic mass is 10.1. The van der Waals surface area contributed by atoms with Gasteiger partial charge in [-0.25, -0.2) is 9.02 Å². The molecule has 0 fully saturated rings. The number of nitrogens with one attached hydrogen (secondary N) is 1. The average molecular weight is 449 g/mol. The predicted octanol–water partition coefficient (Wildman–Crippen LogP) is 3.26. The topological polar surface area (TPSA) is 101 Å². The molecule has 0 atom stereocenters. The van der Waals surface area contributed by atoms with Crippen molar-refractivity contribution in [3.8, 4) is 0 Å². The van der Waals surface area contributed by atoms with Gasteiger partial charge < -0.3 is 10.3 Å². The highest BCUT2D eigenvalue weighted by Crippen LogP contribution is 2.24. The Bertz CT molecular complexity index is 787. The molecular formula is C14H15BrFN4O3PS. The first-order valence-corrected chi connectivity index (χ1v) is 11.0. The smallest absolute Gasteiger partial charge is 0.233 e. The van der Waals surface area contributed by atoms with Gasteiger partial charge in [0.2, 0.25) is 5.91 Å². The molecule has 0 radical (unpaired) electrons. The van der Waals surface area contributed by atoms with E-state index in [-0.39, 0.29) is 35.3 Å². The maximum absolute atomic E-state index is 13.3. The van der Waals surface area contributed by atoms with E-state index < -0.39 is 8.07 Å². The van der Waals surface area contributed by atoms with Crippen LogP contribution in [0.1, 0.15) is 11.3 Å². The van der Waals surface area contributed by atoms with E-state index in [1.165, 1.54) is 6.07 Å². The number of halogens is 2. The molecule has 11 heteroatoms. The summed E-state index contributed by atoms with van der Waals surface area (Å²) in [5.74, 6) is -0.369. The van der Waals surface area contributed by atoms with Crippen LogP contribution in [0, 0.1) is 5.82 Å². The Labute approximate surface area is 157 Å². The number of oxime groups is 1. The molecule has 0 saturated carbocycles. The van der Waals surface area contributed by atoms with Crippen molar-refractivity contribution in [2.45, 2.75) is 11.4 Å². The van der Waals surface area contributed by atoms with Gasteiger partial charge >= 0.3 is 0 Å². The molecule has 2 aromatic rings. The summed E-state index contributed by atoms with van der Waals surface area (Å²) < 4.78 is 18.3. The number of nitrogens with zero attached hydrogens (tertiary/aromatic N) is 3. The second-order valence-electron chi connectivity index (χ2n) is 5.11. The molecule has 1 amide bonds. The molecular weight excluding hydrogens is 434 g/mol. The van der Waals surface area contributed by atoms with Gasteiger partial charge in [-0.15, -0.1) is 0 Å².